The van der Waals surface area contributed by atoms with E-state index in [1.54, 1.807) is 22.4 Å². The molecule has 9 nitrogen and oxygen atoms in total. The van der Waals surface area contributed by atoms with Gasteiger partial charge in [-0.3, -0.25) is 14.4 Å². The summed E-state index contributed by atoms with van der Waals surface area (Å²) in [6, 6.07) is 10.4. The third-order valence-corrected chi connectivity index (χ3v) is 11.3. The van der Waals surface area contributed by atoms with E-state index in [0.717, 1.165) is 51.9 Å². The highest BCUT2D eigenvalue weighted by molar-refractivity contribution is 9.10. The fourth-order valence-corrected chi connectivity index (χ4v) is 8.41. The van der Waals surface area contributed by atoms with Crippen LogP contribution in [0.2, 0.25) is 0 Å². The van der Waals surface area contributed by atoms with Crippen LogP contribution in [-0.4, -0.2) is 57.8 Å². The van der Waals surface area contributed by atoms with Gasteiger partial charge in [-0.15, -0.1) is 11.3 Å². The predicted molar refractivity (Wildman–Crippen MR) is 181 cm³/mol. The Kier molecular flexibility index (Phi) is 8.78. The second-order valence-corrected chi connectivity index (χ2v) is 16.3. The number of pyridine rings is 1. The summed E-state index contributed by atoms with van der Waals surface area (Å²) >= 11 is 4.99. The van der Waals surface area contributed by atoms with Crippen LogP contribution in [0.1, 0.15) is 77.1 Å². The van der Waals surface area contributed by atoms with Crippen molar-refractivity contribution >= 4 is 45.0 Å². The summed E-state index contributed by atoms with van der Waals surface area (Å²) in [6.07, 6.45) is 5.26. The van der Waals surface area contributed by atoms with Crippen LogP contribution < -0.4 is 15.4 Å². The molecule has 1 aromatic carbocycles. The van der Waals surface area contributed by atoms with E-state index in [0.29, 0.717) is 25.5 Å². The Morgan fingerprint density at radius 3 is 2.41 bits per heavy atom. The number of hydrogen-bond acceptors (Lipinski definition) is 7. The van der Waals surface area contributed by atoms with Crippen molar-refractivity contribution in [3.8, 4) is 16.3 Å². The molecule has 7 rings (SSSR count). The van der Waals surface area contributed by atoms with Crippen LogP contribution >= 0.6 is 27.3 Å². The molecule has 4 aliphatic rings. The van der Waals surface area contributed by atoms with Gasteiger partial charge in [-0.2, -0.15) is 0 Å². The molecular weight excluding hydrogens is 666 g/mol. The van der Waals surface area contributed by atoms with Crippen LogP contribution in [0.3, 0.4) is 0 Å². The summed E-state index contributed by atoms with van der Waals surface area (Å²) in [6.45, 7) is 10.9. The molecular formula is C35H42BrN5O4S. The molecule has 3 heterocycles. The average Bonchev–Trinajstić information content (AvgIpc) is 3.64. The number of nitrogens with one attached hydrogen (secondary N) is 2. The SMILES string of the molecule is Cc1ncsc1-c1ccc([C@H](C)NC(=O)[C@@H]2CCCN2C(=O)[C@@H](NC(=O)[C@]23C[C@](COc4ccc(Br)cn4)(C2)C3)C(C)(C)C)cc1. The quantitative estimate of drug-likeness (QED) is 0.259. The van der Waals surface area contributed by atoms with E-state index < -0.39 is 22.9 Å². The number of carbonyl (C=O) groups is 3. The van der Waals surface area contributed by atoms with Gasteiger partial charge in [0, 0.05) is 28.7 Å². The molecule has 3 saturated carbocycles. The molecule has 4 fully saturated rings. The lowest BCUT2D eigenvalue weighted by Gasteiger charge is -2.69. The van der Waals surface area contributed by atoms with Crippen molar-refractivity contribution in [2.45, 2.75) is 84.8 Å². The van der Waals surface area contributed by atoms with Crippen molar-refractivity contribution in [3.63, 3.8) is 0 Å². The molecule has 0 unspecified atom stereocenters. The summed E-state index contributed by atoms with van der Waals surface area (Å²) in [5, 5.41) is 6.27. The third kappa shape index (κ3) is 6.32. The number of hydrogen-bond donors (Lipinski definition) is 2. The van der Waals surface area contributed by atoms with Crippen LogP contribution in [0.4, 0.5) is 0 Å². The predicted octanol–water partition coefficient (Wildman–Crippen LogP) is 6.22. The topological polar surface area (TPSA) is 114 Å². The van der Waals surface area contributed by atoms with E-state index in [2.05, 4.69) is 48.7 Å². The van der Waals surface area contributed by atoms with Crippen molar-refractivity contribution in [3.05, 3.63) is 63.8 Å². The maximum atomic E-state index is 14.1. The summed E-state index contributed by atoms with van der Waals surface area (Å²) in [7, 11) is 0. The van der Waals surface area contributed by atoms with E-state index >= 15 is 0 Å². The number of aromatic nitrogens is 2. The third-order valence-electron chi connectivity index (χ3n) is 9.85. The van der Waals surface area contributed by atoms with Crippen LogP contribution in [0.15, 0.2) is 52.6 Å². The molecule has 1 saturated heterocycles. The number of halogens is 1. The molecule has 2 aromatic heterocycles. The molecule has 46 heavy (non-hydrogen) atoms. The monoisotopic (exact) mass is 707 g/mol. The Bertz CT molecular complexity index is 1600. The van der Waals surface area contributed by atoms with Gasteiger partial charge < -0.3 is 20.3 Å². The fraction of sp³-hybridized carbons (Fsp3) is 0.514. The Morgan fingerprint density at radius 2 is 1.80 bits per heavy atom. The summed E-state index contributed by atoms with van der Waals surface area (Å²) < 4.78 is 6.81. The number of carbonyl (C=O) groups excluding carboxylic acids is 3. The second kappa shape index (κ2) is 12.4. The zero-order valence-corrected chi connectivity index (χ0v) is 29.5. The second-order valence-electron chi connectivity index (χ2n) is 14.5. The highest BCUT2D eigenvalue weighted by Crippen LogP contribution is 2.73. The van der Waals surface area contributed by atoms with Gasteiger partial charge in [0.05, 0.1) is 34.1 Å². The number of likely N-dealkylation sites (tertiary alicyclic amines) is 1. The van der Waals surface area contributed by atoms with E-state index in [9.17, 15) is 14.4 Å². The van der Waals surface area contributed by atoms with Crippen LogP contribution in [0.5, 0.6) is 5.88 Å². The number of thiazole rings is 1. The first-order valence-electron chi connectivity index (χ1n) is 16.0. The number of nitrogens with zero attached hydrogens (tertiary/aromatic N) is 3. The zero-order valence-electron chi connectivity index (χ0n) is 27.1. The number of amides is 3. The van der Waals surface area contributed by atoms with Crippen molar-refractivity contribution < 1.29 is 19.1 Å². The maximum Gasteiger partial charge on any atom is 0.246 e. The van der Waals surface area contributed by atoms with E-state index in [1.165, 1.54) is 0 Å². The summed E-state index contributed by atoms with van der Waals surface area (Å²) in [4.78, 5) is 52.7. The molecule has 1 aliphatic heterocycles. The van der Waals surface area contributed by atoms with Gasteiger partial charge in [0.2, 0.25) is 23.6 Å². The first-order chi connectivity index (χ1) is 21.8. The average molecular weight is 709 g/mol. The molecule has 0 radical (unpaired) electrons. The lowest BCUT2D eigenvalue weighted by atomic mass is 9.35. The fourth-order valence-electron chi connectivity index (χ4n) is 7.36. The normalized spacial score (nSPS) is 24.7. The minimum Gasteiger partial charge on any atom is -0.477 e. The van der Waals surface area contributed by atoms with Crippen molar-refractivity contribution in [1.29, 1.82) is 0 Å². The molecule has 0 spiro atoms. The smallest absolute Gasteiger partial charge is 0.246 e. The summed E-state index contributed by atoms with van der Waals surface area (Å²) in [5.41, 5.74) is 3.95. The molecule has 3 aromatic rings. The van der Waals surface area contributed by atoms with Crippen molar-refractivity contribution in [2.24, 2.45) is 16.2 Å². The highest BCUT2D eigenvalue weighted by Gasteiger charge is 2.72. The van der Waals surface area contributed by atoms with Gasteiger partial charge in [0.15, 0.2) is 0 Å². The van der Waals surface area contributed by atoms with Gasteiger partial charge in [-0.25, -0.2) is 9.97 Å². The molecule has 3 amide bonds. The zero-order chi connectivity index (χ0) is 32.9. The van der Waals surface area contributed by atoms with Gasteiger partial charge in [-0.05, 0) is 84.5 Å². The van der Waals surface area contributed by atoms with Gasteiger partial charge >= 0.3 is 0 Å². The Labute approximate surface area is 283 Å². The molecule has 3 aliphatic carbocycles. The van der Waals surface area contributed by atoms with Crippen molar-refractivity contribution in [2.75, 3.05) is 13.2 Å². The Morgan fingerprint density at radius 1 is 1.09 bits per heavy atom. The lowest BCUT2D eigenvalue weighted by molar-refractivity contribution is -0.218. The molecule has 3 atom stereocenters. The molecule has 244 valence electrons. The Hall–Kier alpha value is -3.31. The van der Waals surface area contributed by atoms with Gasteiger partial charge in [0.1, 0.15) is 12.1 Å². The first-order valence-corrected chi connectivity index (χ1v) is 17.6. The van der Waals surface area contributed by atoms with Gasteiger partial charge in [-0.1, -0.05) is 45.0 Å². The minimum absolute atomic E-state index is 0.0113. The number of benzene rings is 1. The largest absolute Gasteiger partial charge is 0.477 e. The summed E-state index contributed by atoms with van der Waals surface area (Å²) in [5.74, 6) is 0.140. The number of ether oxygens (including phenoxy) is 1. The van der Waals surface area contributed by atoms with E-state index in [-0.39, 0.29) is 29.2 Å². The lowest BCUT2D eigenvalue weighted by Crippen LogP contribution is -2.71. The van der Waals surface area contributed by atoms with Crippen LogP contribution in [-0.2, 0) is 14.4 Å². The Balaban J connectivity index is 1.05. The number of aryl methyl sites for hydroxylation is 1. The minimum atomic E-state index is -0.734. The first kappa shape index (κ1) is 32.6. The van der Waals surface area contributed by atoms with E-state index in [4.69, 9.17) is 4.74 Å². The highest BCUT2D eigenvalue weighted by atomic mass is 79.9. The van der Waals surface area contributed by atoms with Crippen LogP contribution in [0, 0.1) is 23.2 Å². The molecule has 2 N–H and O–H groups in total. The maximum absolute atomic E-state index is 14.1. The molecule has 11 heteroatoms. The standard InChI is InChI=1S/C35H42BrN5O4S/c1-21(23-8-10-24(11-9-23)28-22(2)38-20-46-28)39-30(42)26-7-6-14-41(26)31(43)29(33(3,4)5)40-32(44)35-16-34(17-35,18-35)19-45-27-13-12-25(36)15-37-27/h8-13,15,20-21,26,29H,6-7,14,16-19H2,1-5H3,(H,39,42)(H,40,44)/t21-,26-,29+,34-,35+/m0/s1. The van der Waals surface area contributed by atoms with E-state index in [1.807, 2.05) is 64.4 Å². The van der Waals surface area contributed by atoms with Crippen LogP contribution in [0.25, 0.3) is 10.4 Å². The van der Waals surface area contributed by atoms with Gasteiger partial charge in [0.25, 0.3) is 0 Å². The molecule has 2 bridgehead atoms. The van der Waals surface area contributed by atoms with Crippen molar-refractivity contribution in [1.82, 2.24) is 25.5 Å². The number of rotatable bonds is 10.